The quantitative estimate of drug-likeness (QED) is 0.764. The molecule has 0 radical (unpaired) electrons. The van der Waals surface area contributed by atoms with Gasteiger partial charge in [-0.05, 0) is 41.7 Å². The zero-order chi connectivity index (χ0) is 19.2. The molecule has 4 nitrogen and oxygen atoms in total. The summed E-state index contributed by atoms with van der Waals surface area (Å²) in [6.07, 6.45) is 2.30. The summed E-state index contributed by atoms with van der Waals surface area (Å²) in [7, 11) is 0. The number of nitrogens with zero attached hydrogens (tertiary/aromatic N) is 1. The molecule has 2 aromatic carbocycles. The lowest BCUT2D eigenvalue weighted by Crippen LogP contribution is -2.47. The predicted molar refractivity (Wildman–Crippen MR) is 112 cm³/mol. The molecule has 1 N–H and O–H groups in total. The van der Waals surface area contributed by atoms with Crippen LogP contribution in [-0.2, 0) is 9.59 Å². The van der Waals surface area contributed by atoms with Crippen molar-refractivity contribution in [2.24, 2.45) is 5.92 Å². The van der Waals surface area contributed by atoms with Crippen LogP contribution in [0.5, 0.6) is 0 Å². The third-order valence-electron chi connectivity index (χ3n) is 4.89. The summed E-state index contributed by atoms with van der Waals surface area (Å²) in [5, 5.41) is 5.54. The maximum Gasteiger partial charge on any atom is 0.230 e. The van der Waals surface area contributed by atoms with Crippen molar-refractivity contribution in [3.8, 4) is 0 Å². The Labute approximate surface area is 165 Å². The van der Waals surface area contributed by atoms with Crippen LogP contribution in [0.3, 0.4) is 0 Å². The standard InChI is InChI=1S/C22H28N2O2S/c1-16(2)13-22(26)24-11-9-19(10-12-24)23-21(25)15-27-20-8-7-17-5-3-4-6-18(17)14-20/h3-8,14,16,19H,9-13,15H2,1-2H3,(H,23,25). The van der Waals surface area contributed by atoms with Crippen LogP contribution in [0.1, 0.15) is 33.1 Å². The zero-order valence-electron chi connectivity index (χ0n) is 16.1. The maximum atomic E-state index is 12.3. The molecule has 0 atom stereocenters. The fourth-order valence-electron chi connectivity index (χ4n) is 3.43. The second kappa shape index (κ2) is 9.27. The average molecular weight is 385 g/mol. The molecule has 0 saturated carbocycles. The second-order valence-electron chi connectivity index (χ2n) is 7.62. The van der Waals surface area contributed by atoms with Crippen LogP contribution in [0, 0.1) is 5.92 Å². The van der Waals surface area contributed by atoms with Crippen molar-refractivity contribution in [3.63, 3.8) is 0 Å². The van der Waals surface area contributed by atoms with E-state index in [2.05, 4.69) is 49.5 Å². The van der Waals surface area contributed by atoms with E-state index in [9.17, 15) is 9.59 Å². The van der Waals surface area contributed by atoms with Gasteiger partial charge in [0.1, 0.15) is 0 Å². The molecular formula is C22H28N2O2S. The van der Waals surface area contributed by atoms with Crippen LogP contribution < -0.4 is 5.32 Å². The first-order valence-corrected chi connectivity index (χ1v) is 10.7. The van der Waals surface area contributed by atoms with Gasteiger partial charge in [0, 0.05) is 30.4 Å². The largest absolute Gasteiger partial charge is 0.353 e. The summed E-state index contributed by atoms with van der Waals surface area (Å²) in [6.45, 7) is 5.62. The first-order chi connectivity index (χ1) is 13.0. The maximum absolute atomic E-state index is 12.3. The van der Waals surface area contributed by atoms with Crippen LogP contribution in [0.25, 0.3) is 10.8 Å². The molecule has 0 aliphatic carbocycles. The lowest BCUT2D eigenvalue weighted by molar-refractivity contribution is -0.133. The Hall–Kier alpha value is -2.01. The van der Waals surface area contributed by atoms with Crippen molar-refractivity contribution >= 4 is 34.3 Å². The first kappa shape index (κ1) is 19.7. The van der Waals surface area contributed by atoms with Crippen molar-refractivity contribution in [2.45, 2.75) is 44.0 Å². The number of nitrogens with one attached hydrogen (secondary N) is 1. The second-order valence-corrected chi connectivity index (χ2v) is 8.67. The predicted octanol–water partition coefficient (Wildman–Crippen LogP) is 4.09. The first-order valence-electron chi connectivity index (χ1n) is 9.70. The highest BCUT2D eigenvalue weighted by Crippen LogP contribution is 2.23. The number of likely N-dealkylation sites (tertiary alicyclic amines) is 1. The van der Waals surface area contributed by atoms with Crippen molar-refractivity contribution in [3.05, 3.63) is 42.5 Å². The van der Waals surface area contributed by atoms with Gasteiger partial charge in [-0.25, -0.2) is 0 Å². The molecule has 0 bridgehead atoms. The molecule has 0 spiro atoms. The minimum absolute atomic E-state index is 0.0696. The van der Waals surface area contributed by atoms with Gasteiger partial charge in [-0.1, -0.05) is 44.2 Å². The number of amides is 2. The van der Waals surface area contributed by atoms with Crippen molar-refractivity contribution in [2.75, 3.05) is 18.8 Å². The Bertz CT molecular complexity index is 798. The molecule has 1 saturated heterocycles. The van der Waals surface area contributed by atoms with E-state index in [0.29, 0.717) is 18.1 Å². The van der Waals surface area contributed by atoms with E-state index < -0.39 is 0 Å². The molecule has 1 aliphatic heterocycles. The number of hydrogen-bond donors (Lipinski definition) is 1. The summed E-state index contributed by atoms with van der Waals surface area (Å²) in [4.78, 5) is 27.5. The number of rotatable bonds is 6. The molecule has 27 heavy (non-hydrogen) atoms. The number of piperidine rings is 1. The monoisotopic (exact) mass is 384 g/mol. The molecule has 5 heteroatoms. The van der Waals surface area contributed by atoms with Crippen LogP contribution in [0.15, 0.2) is 47.4 Å². The number of thioether (sulfide) groups is 1. The van der Waals surface area contributed by atoms with E-state index in [0.717, 1.165) is 30.8 Å². The lowest BCUT2D eigenvalue weighted by atomic mass is 10.0. The molecule has 3 rings (SSSR count). The molecular weight excluding hydrogens is 356 g/mol. The summed E-state index contributed by atoms with van der Waals surface area (Å²) >= 11 is 1.57. The van der Waals surface area contributed by atoms with Crippen molar-refractivity contribution in [1.29, 1.82) is 0 Å². The summed E-state index contributed by atoms with van der Waals surface area (Å²) in [5.41, 5.74) is 0. The van der Waals surface area contributed by atoms with E-state index in [1.54, 1.807) is 11.8 Å². The normalized spacial score (nSPS) is 15.3. The third-order valence-corrected chi connectivity index (χ3v) is 5.88. The molecule has 1 heterocycles. The number of carbonyl (C=O) groups excluding carboxylic acids is 2. The Balaban J connectivity index is 1.42. The van der Waals surface area contributed by atoms with Gasteiger partial charge in [-0.2, -0.15) is 0 Å². The van der Waals surface area contributed by atoms with Crippen LogP contribution in [0.4, 0.5) is 0 Å². The Morgan fingerprint density at radius 2 is 1.81 bits per heavy atom. The highest BCUT2D eigenvalue weighted by Gasteiger charge is 2.24. The van der Waals surface area contributed by atoms with Gasteiger partial charge in [0.15, 0.2) is 0 Å². The summed E-state index contributed by atoms with van der Waals surface area (Å²) < 4.78 is 0. The molecule has 2 aromatic rings. The third kappa shape index (κ3) is 5.73. The number of hydrogen-bond acceptors (Lipinski definition) is 3. The Morgan fingerprint density at radius 3 is 2.52 bits per heavy atom. The SMILES string of the molecule is CC(C)CC(=O)N1CCC(NC(=O)CSc2ccc3ccccc3c2)CC1. The molecule has 1 fully saturated rings. The molecule has 144 valence electrons. The van der Waals surface area contributed by atoms with E-state index in [4.69, 9.17) is 0 Å². The topological polar surface area (TPSA) is 49.4 Å². The molecule has 0 aromatic heterocycles. The highest BCUT2D eigenvalue weighted by atomic mass is 32.2. The van der Waals surface area contributed by atoms with Crippen molar-refractivity contribution in [1.82, 2.24) is 10.2 Å². The van der Waals surface area contributed by atoms with E-state index in [-0.39, 0.29) is 17.9 Å². The van der Waals surface area contributed by atoms with Gasteiger partial charge >= 0.3 is 0 Å². The van der Waals surface area contributed by atoms with Crippen LogP contribution >= 0.6 is 11.8 Å². The molecule has 1 aliphatic rings. The van der Waals surface area contributed by atoms with Gasteiger partial charge in [-0.3, -0.25) is 9.59 Å². The van der Waals surface area contributed by atoms with E-state index in [1.165, 1.54) is 10.8 Å². The minimum atomic E-state index is 0.0696. The van der Waals surface area contributed by atoms with Crippen LogP contribution in [0.2, 0.25) is 0 Å². The number of fused-ring (bicyclic) bond motifs is 1. The van der Waals surface area contributed by atoms with Gasteiger partial charge in [0.2, 0.25) is 11.8 Å². The summed E-state index contributed by atoms with van der Waals surface area (Å²) in [6, 6.07) is 14.7. The molecule has 2 amide bonds. The number of carbonyl (C=O) groups is 2. The fourth-order valence-corrected chi connectivity index (χ4v) is 4.18. The van der Waals surface area contributed by atoms with Gasteiger partial charge in [-0.15, -0.1) is 11.8 Å². The summed E-state index contributed by atoms with van der Waals surface area (Å²) in [5.74, 6) is 1.12. The van der Waals surface area contributed by atoms with Gasteiger partial charge < -0.3 is 10.2 Å². The van der Waals surface area contributed by atoms with E-state index in [1.807, 2.05) is 17.0 Å². The van der Waals surface area contributed by atoms with E-state index >= 15 is 0 Å². The Morgan fingerprint density at radius 1 is 1.11 bits per heavy atom. The minimum Gasteiger partial charge on any atom is -0.353 e. The highest BCUT2D eigenvalue weighted by molar-refractivity contribution is 8.00. The smallest absolute Gasteiger partial charge is 0.230 e. The molecule has 0 unspecified atom stereocenters. The van der Waals surface area contributed by atoms with Crippen LogP contribution in [-0.4, -0.2) is 41.6 Å². The van der Waals surface area contributed by atoms with Crippen molar-refractivity contribution < 1.29 is 9.59 Å². The Kier molecular flexibility index (Phi) is 6.78. The lowest BCUT2D eigenvalue weighted by Gasteiger charge is -2.32. The zero-order valence-corrected chi connectivity index (χ0v) is 16.9. The number of benzene rings is 2. The van der Waals surface area contributed by atoms with Gasteiger partial charge in [0.25, 0.3) is 0 Å². The fraction of sp³-hybridized carbons (Fsp3) is 0.455. The van der Waals surface area contributed by atoms with Gasteiger partial charge in [0.05, 0.1) is 5.75 Å². The average Bonchev–Trinajstić information content (AvgIpc) is 2.66.